The van der Waals surface area contributed by atoms with Gasteiger partial charge >= 0.3 is 12.2 Å². The number of fused-ring (bicyclic) bond motifs is 1. The van der Waals surface area contributed by atoms with E-state index in [4.69, 9.17) is 10.8 Å². The number of anilines is 3. The molecule has 1 aromatic carbocycles. The van der Waals surface area contributed by atoms with Crippen molar-refractivity contribution in [3.8, 4) is 11.1 Å². The van der Waals surface area contributed by atoms with Crippen molar-refractivity contribution in [2.75, 3.05) is 29.5 Å². The molecule has 0 radical (unpaired) electrons. The van der Waals surface area contributed by atoms with E-state index in [1.54, 1.807) is 24.3 Å². The molecule has 0 saturated carbocycles. The van der Waals surface area contributed by atoms with Gasteiger partial charge in [0.25, 0.3) is 5.91 Å². The third-order valence-electron chi connectivity index (χ3n) is 5.18. The van der Waals surface area contributed by atoms with Gasteiger partial charge in [0.1, 0.15) is 23.4 Å². The minimum Gasteiger partial charge on any atom is -0.396 e. The van der Waals surface area contributed by atoms with E-state index >= 15 is 0 Å². The molecule has 0 spiro atoms. The van der Waals surface area contributed by atoms with Crippen LogP contribution in [0.4, 0.5) is 35.3 Å². The molecule has 37 heavy (non-hydrogen) atoms. The van der Waals surface area contributed by atoms with Gasteiger partial charge in [-0.1, -0.05) is 18.2 Å². The molecule has 0 unspecified atom stereocenters. The maximum atomic E-state index is 12.8. The number of hydrogen-bond acceptors (Lipinski definition) is 7. The van der Waals surface area contributed by atoms with Crippen LogP contribution in [0.25, 0.3) is 16.6 Å². The van der Waals surface area contributed by atoms with E-state index in [1.165, 1.54) is 23.1 Å². The van der Waals surface area contributed by atoms with Crippen molar-refractivity contribution in [1.82, 2.24) is 24.9 Å². The quantitative estimate of drug-likeness (QED) is 0.237. The van der Waals surface area contributed by atoms with Crippen LogP contribution in [0.2, 0.25) is 0 Å². The fourth-order valence-corrected chi connectivity index (χ4v) is 3.54. The molecule has 0 atom stereocenters. The highest BCUT2D eigenvalue weighted by atomic mass is 19.4. The number of alkyl halides is 3. The van der Waals surface area contributed by atoms with E-state index in [1.807, 2.05) is 0 Å². The molecule has 192 valence electrons. The number of nitrogens with two attached hydrogens (primary N) is 1. The first-order valence-corrected chi connectivity index (χ1v) is 10.9. The fraction of sp³-hybridized carbons (Fsp3) is 0.174. The van der Waals surface area contributed by atoms with Gasteiger partial charge in [0.05, 0.1) is 5.56 Å². The Hall–Kier alpha value is -4.72. The van der Waals surface area contributed by atoms with E-state index in [9.17, 15) is 22.8 Å². The highest BCUT2D eigenvalue weighted by Gasteiger charge is 2.32. The maximum absolute atomic E-state index is 12.8. The van der Waals surface area contributed by atoms with Crippen molar-refractivity contribution in [2.24, 2.45) is 0 Å². The second kappa shape index (κ2) is 10.5. The van der Waals surface area contributed by atoms with E-state index in [0.717, 1.165) is 12.1 Å². The molecule has 0 bridgehead atoms. The lowest BCUT2D eigenvalue weighted by atomic mass is 10.0. The topological polar surface area (TPSA) is 160 Å². The Bertz CT molecular complexity index is 1440. The van der Waals surface area contributed by atoms with Crippen LogP contribution in [0.15, 0.2) is 55.0 Å². The van der Waals surface area contributed by atoms with Gasteiger partial charge in [-0.15, -0.1) is 0 Å². The number of pyridine rings is 1. The van der Waals surface area contributed by atoms with Gasteiger partial charge in [0.15, 0.2) is 5.82 Å². The molecule has 4 rings (SSSR count). The minimum atomic E-state index is -4.64. The van der Waals surface area contributed by atoms with E-state index < -0.39 is 23.8 Å². The molecule has 0 aliphatic rings. The van der Waals surface area contributed by atoms with Crippen molar-refractivity contribution in [2.45, 2.75) is 12.6 Å². The van der Waals surface area contributed by atoms with E-state index in [-0.39, 0.29) is 30.4 Å². The Kier molecular flexibility index (Phi) is 7.20. The van der Waals surface area contributed by atoms with Crippen LogP contribution < -0.4 is 21.7 Å². The molecule has 0 saturated heterocycles. The number of aliphatic hydroxyl groups is 1. The third kappa shape index (κ3) is 5.75. The molecule has 11 nitrogen and oxygen atoms in total. The number of aliphatic hydroxyl groups excluding tert-OH is 1. The zero-order valence-corrected chi connectivity index (χ0v) is 19.1. The summed E-state index contributed by atoms with van der Waals surface area (Å²) < 4.78 is 40.0. The van der Waals surface area contributed by atoms with Gasteiger partial charge in [0.2, 0.25) is 0 Å². The average molecular weight is 514 g/mol. The van der Waals surface area contributed by atoms with Crippen LogP contribution >= 0.6 is 0 Å². The largest absolute Gasteiger partial charge is 0.433 e. The first-order valence-electron chi connectivity index (χ1n) is 10.9. The lowest BCUT2D eigenvalue weighted by molar-refractivity contribution is -0.141. The molecule has 4 aromatic rings. The summed E-state index contributed by atoms with van der Waals surface area (Å²) in [4.78, 5) is 32.5. The lowest BCUT2D eigenvalue weighted by Gasteiger charge is -2.11. The van der Waals surface area contributed by atoms with E-state index in [2.05, 4.69) is 31.0 Å². The predicted molar refractivity (Wildman–Crippen MR) is 129 cm³/mol. The molecule has 6 N–H and O–H groups in total. The highest BCUT2D eigenvalue weighted by molar-refractivity contribution is 6.07. The monoisotopic (exact) mass is 514 g/mol. The maximum Gasteiger partial charge on any atom is 0.433 e. The molecular formula is C23H21F3N8O3. The molecule has 0 aliphatic heterocycles. The van der Waals surface area contributed by atoms with Gasteiger partial charge < -0.3 is 21.5 Å². The van der Waals surface area contributed by atoms with Gasteiger partial charge in [-0.2, -0.15) is 18.3 Å². The Morgan fingerprint density at radius 2 is 1.84 bits per heavy atom. The summed E-state index contributed by atoms with van der Waals surface area (Å²) in [7, 11) is 0. The molecule has 3 amide bonds. The number of urea groups is 1. The molecule has 3 aromatic heterocycles. The number of amides is 3. The Morgan fingerprint density at radius 3 is 2.54 bits per heavy atom. The lowest BCUT2D eigenvalue weighted by Crippen LogP contribution is -2.25. The van der Waals surface area contributed by atoms with Crippen LogP contribution in [0.1, 0.15) is 22.5 Å². The third-order valence-corrected chi connectivity index (χ3v) is 5.18. The van der Waals surface area contributed by atoms with Gasteiger partial charge in [-0.05, 0) is 36.2 Å². The van der Waals surface area contributed by atoms with Crippen LogP contribution in [-0.4, -0.2) is 49.8 Å². The van der Waals surface area contributed by atoms with Crippen molar-refractivity contribution in [3.63, 3.8) is 0 Å². The summed E-state index contributed by atoms with van der Waals surface area (Å²) in [6, 6.07) is 8.72. The summed E-state index contributed by atoms with van der Waals surface area (Å²) in [5, 5.41) is 20.6. The predicted octanol–water partition coefficient (Wildman–Crippen LogP) is 3.15. The Morgan fingerprint density at radius 1 is 1.08 bits per heavy atom. The number of hydrogen-bond donors (Lipinski definition) is 5. The molecule has 14 heteroatoms. The standard InChI is InChI=1S/C23H21F3N8O3/c24-23(25,26)16-3-1-4-17(32-16)33-22(37)31-14-7-5-13(6-8-14)18-15(21(36)28-9-2-10-35)11-34-19(18)20(27)29-12-30-34/h1,3-8,11-12,35H,2,9-10H2,(H,28,36)(H2,27,29,30)(H2,31,32,33,37). The number of carbonyl (C=O) groups excluding carboxylic acids is 2. The number of benzene rings is 1. The molecule has 0 aliphatic carbocycles. The molecule has 3 heterocycles. The number of nitrogens with one attached hydrogen (secondary N) is 3. The first-order chi connectivity index (χ1) is 17.7. The van der Waals surface area contributed by atoms with Crippen molar-refractivity contribution in [1.29, 1.82) is 0 Å². The van der Waals surface area contributed by atoms with Crippen molar-refractivity contribution >= 4 is 34.8 Å². The Balaban J connectivity index is 1.56. The van der Waals surface area contributed by atoms with Crippen LogP contribution in [0.3, 0.4) is 0 Å². The summed E-state index contributed by atoms with van der Waals surface area (Å²) in [6.45, 7) is 0.190. The number of halogens is 3. The van der Waals surface area contributed by atoms with Crippen LogP contribution in [-0.2, 0) is 6.18 Å². The number of rotatable bonds is 7. The normalized spacial score (nSPS) is 11.4. The number of nitrogens with zero attached hydrogens (tertiary/aromatic N) is 4. The average Bonchev–Trinajstić information content (AvgIpc) is 3.25. The first kappa shape index (κ1) is 25.4. The number of nitrogen functional groups attached to an aromatic ring is 1. The number of aromatic nitrogens is 4. The smallest absolute Gasteiger partial charge is 0.396 e. The van der Waals surface area contributed by atoms with Crippen LogP contribution in [0, 0.1) is 0 Å². The van der Waals surface area contributed by atoms with Gasteiger partial charge in [0, 0.05) is 30.6 Å². The summed E-state index contributed by atoms with van der Waals surface area (Å²) in [5.41, 5.74) is 6.97. The second-order valence-corrected chi connectivity index (χ2v) is 7.75. The zero-order chi connectivity index (χ0) is 26.6. The van der Waals surface area contributed by atoms with Gasteiger partial charge in [-0.3, -0.25) is 10.1 Å². The minimum absolute atomic E-state index is 0.0742. The SMILES string of the molecule is Nc1ncnn2cc(C(=O)NCCCO)c(-c3ccc(NC(=O)Nc4cccc(C(F)(F)F)n4)cc3)c12. The van der Waals surface area contributed by atoms with Gasteiger partial charge in [-0.25, -0.2) is 19.3 Å². The molecule has 0 fully saturated rings. The van der Waals surface area contributed by atoms with E-state index in [0.29, 0.717) is 28.8 Å². The van der Waals surface area contributed by atoms with Crippen molar-refractivity contribution < 1.29 is 27.9 Å². The summed E-state index contributed by atoms with van der Waals surface area (Å²) in [6.07, 6.45) is -1.49. The zero-order valence-electron chi connectivity index (χ0n) is 19.1. The molecular weight excluding hydrogens is 493 g/mol. The second-order valence-electron chi connectivity index (χ2n) is 7.75. The number of carbonyl (C=O) groups is 2. The fourth-order valence-electron chi connectivity index (χ4n) is 3.54. The summed E-state index contributed by atoms with van der Waals surface area (Å²) >= 11 is 0. The highest BCUT2D eigenvalue weighted by Crippen LogP contribution is 2.33. The van der Waals surface area contributed by atoms with Crippen molar-refractivity contribution in [3.05, 3.63) is 66.2 Å². The Labute approximate surface area is 207 Å². The van der Waals surface area contributed by atoms with Crippen LogP contribution in [0.5, 0.6) is 0 Å². The summed E-state index contributed by atoms with van der Waals surface area (Å²) in [5.74, 6) is -0.519.